The van der Waals surface area contributed by atoms with Crippen molar-refractivity contribution in [1.29, 1.82) is 0 Å². The first-order valence-electron chi connectivity index (χ1n) is 6.13. The predicted molar refractivity (Wildman–Crippen MR) is 70.0 cm³/mol. The van der Waals surface area contributed by atoms with Crippen LogP contribution in [0.15, 0.2) is 24.4 Å². The molecule has 17 heavy (non-hydrogen) atoms. The maximum atomic E-state index is 8.92. The zero-order valence-electron chi connectivity index (χ0n) is 10.8. The van der Waals surface area contributed by atoms with Gasteiger partial charge < -0.3 is 15.3 Å². The summed E-state index contributed by atoms with van der Waals surface area (Å²) < 4.78 is 0. The highest BCUT2D eigenvalue weighted by atomic mass is 16.3. The van der Waals surface area contributed by atoms with E-state index >= 15 is 0 Å². The van der Waals surface area contributed by atoms with Gasteiger partial charge in [-0.2, -0.15) is 0 Å². The molecule has 0 radical (unpaired) electrons. The SMILES string of the molecule is CNC(CCO)CN(C)CCc1ccccn1. The number of rotatable bonds is 8. The van der Waals surface area contributed by atoms with E-state index in [2.05, 4.69) is 28.3 Å². The minimum Gasteiger partial charge on any atom is -0.396 e. The van der Waals surface area contributed by atoms with E-state index in [0.29, 0.717) is 6.04 Å². The van der Waals surface area contributed by atoms with Gasteiger partial charge in [-0.3, -0.25) is 4.98 Å². The Balaban J connectivity index is 2.27. The lowest BCUT2D eigenvalue weighted by Crippen LogP contribution is -2.39. The molecule has 1 aromatic heterocycles. The maximum absolute atomic E-state index is 8.92. The minimum absolute atomic E-state index is 0.236. The van der Waals surface area contributed by atoms with Crippen LogP contribution in [0.3, 0.4) is 0 Å². The summed E-state index contributed by atoms with van der Waals surface area (Å²) in [4.78, 5) is 6.57. The Kier molecular flexibility index (Phi) is 6.77. The average Bonchev–Trinajstić information content (AvgIpc) is 2.37. The second-order valence-corrected chi connectivity index (χ2v) is 4.33. The Morgan fingerprint density at radius 3 is 2.88 bits per heavy atom. The second kappa shape index (κ2) is 8.17. The lowest BCUT2D eigenvalue weighted by molar-refractivity contribution is 0.234. The molecule has 4 heteroatoms. The van der Waals surface area contributed by atoms with Crippen molar-refractivity contribution in [2.24, 2.45) is 0 Å². The van der Waals surface area contributed by atoms with Gasteiger partial charge in [0.25, 0.3) is 0 Å². The van der Waals surface area contributed by atoms with E-state index in [9.17, 15) is 0 Å². The second-order valence-electron chi connectivity index (χ2n) is 4.33. The van der Waals surface area contributed by atoms with E-state index in [1.54, 1.807) is 0 Å². The monoisotopic (exact) mass is 237 g/mol. The summed E-state index contributed by atoms with van der Waals surface area (Å²) in [7, 11) is 4.04. The normalized spacial score (nSPS) is 12.9. The fourth-order valence-electron chi connectivity index (χ4n) is 1.80. The summed E-state index contributed by atoms with van der Waals surface area (Å²) >= 11 is 0. The van der Waals surface area contributed by atoms with Crippen molar-refractivity contribution in [3.63, 3.8) is 0 Å². The molecule has 0 saturated carbocycles. The summed E-state index contributed by atoms with van der Waals surface area (Å²) in [5.74, 6) is 0. The molecule has 0 amide bonds. The van der Waals surface area contributed by atoms with Crippen LogP contribution in [0.1, 0.15) is 12.1 Å². The van der Waals surface area contributed by atoms with E-state index < -0.39 is 0 Å². The van der Waals surface area contributed by atoms with Crippen LogP contribution in [0.2, 0.25) is 0 Å². The van der Waals surface area contributed by atoms with Crippen molar-refractivity contribution in [2.75, 3.05) is 33.8 Å². The van der Waals surface area contributed by atoms with Crippen molar-refractivity contribution in [3.05, 3.63) is 30.1 Å². The molecule has 1 atom stereocenters. The average molecular weight is 237 g/mol. The van der Waals surface area contributed by atoms with Gasteiger partial charge in [0.2, 0.25) is 0 Å². The number of pyridine rings is 1. The molecule has 96 valence electrons. The van der Waals surface area contributed by atoms with Crippen molar-refractivity contribution < 1.29 is 5.11 Å². The molecule has 0 aliphatic rings. The van der Waals surface area contributed by atoms with Gasteiger partial charge >= 0.3 is 0 Å². The first-order valence-corrected chi connectivity index (χ1v) is 6.13. The molecule has 0 aromatic carbocycles. The third-order valence-electron chi connectivity index (χ3n) is 2.89. The van der Waals surface area contributed by atoms with Crippen LogP contribution >= 0.6 is 0 Å². The number of nitrogens with one attached hydrogen (secondary N) is 1. The van der Waals surface area contributed by atoms with E-state index in [-0.39, 0.29) is 6.61 Å². The number of aliphatic hydroxyl groups is 1. The predicted octanol–water partition coefficient (Wildman–Crippen LogP) is 0.526. The highest BCUT2D eigenvalue weighted by Crippen LogP contribution is 1.99. The molecule has 1 aromatic rings. The molecule has 0 spiro atoms. The number of hydrogen-bond donors (Lipinski definition) is 2. The summed E-state index contributed by atoms with van der Waals surface area (Å²) in [6, 6.07) is 6.36. The third-order valence-corrected chi connectivity index (χ3v) is 2.89. The molecule has 0 aliphatic carbocycles. The minimum atomic E-state index is 0.236. The highest BCUT2D eigenvalue weighted by molar-refractivity contribution is 5.03. The van der Waals surface area contributed by atoms with E-state index in [1.165, 1.54) is 0 Å². The fraction of sp³-hybridized carbons (Fsp3) is 0.615. The van der Waals surface area contributed by atoms with Crippen LogP contribution in [0.4, 0.5) is 0 Å². The van der Waals surface area contributed by atoms with E-state index in [1.807, 2.05) is 25.4 Å². The first kappa shape index (κ1) is 14.1. The van der Waals surface area contributed by atoms with Gasteiger partial charge in [0.05, 0.1) is 0 Å². The Morgan fingerprint density at radius 1 is 1.47 bits per heavy atom. The van der Waals surface area contributed by atoms with E-state index in [4.69, 9.17) is 5.11 Å². The van der Waals surface area contributed by atoms with Gasteiger partial charge in [-0.25, -0.2) is 0 Å². The van der Waals surface area contributed by atoms with Crippen LogP contribution in [0.25, 0.3) is 0 Å². The molecule has 2 N–H and O–H groups in total. The lowest BCUT2D eigenvalue weighted by Gasteiger charge is -2.23. The molecular weight excluding hydrogens is 214 g/mol. The largest absolute Gasteiger partial charge is 0.396 e. The van der Waals surface area contributed by atoms with Gasteiger partial charge in [-0.15, -0.1) is 0 Å². The summed E-state index contributed by atoms with van der Waals surface area (Å²) in [6.45, 7) is 2.17. The van der Waals surface area contributed by atoms with Gasteiger partial charge in [-0.05, 0) is 32.6 Å². The molecule has 0 saturated heterocycles. The third kappa shape index (κ3) is 5.77. The summed E-state index contributed by atoms with van der Waals surface area (Å²) in [6.07, 6.45) is 3.59. The van der Waals surface area contributed by atoms with Crippen molar-refractivity contribution in [2.45, 2.75) is 18.9 Å². The number of aliphatic hydroxyl groups excluding tert-OH is 1. The van der Waals surface area contributed by atoms with Gasteiger partial charge in [-0.1, -0.05) is 6.07 Å². The highest BCUT2D eigenvalue weighted by Gasteiger charge is 2.08. The van der Waals surface area contributed by atoms with Crippen molar-refractivity contribution >= 4 is 0 Å². The zero-order chi connectivity index (χ0) is 12.5. The van der Waals surface area contributed by atoms with Gasteiger partial charge in [0.15, 0.2) is 0 Å². The molecule has 1 unspecified atom stereocenters. The lowest BCUT2D eigenvalue weighted by atomic mass is 10.2. The van der Waals surface area contributed by atoms with Crippen LogP contribution in [-0.2, 0) is 6.42 Å². The first-order chi connectivity index (χ1) is 8.26. The van der Waals surface area contributed by atoms with Crippen LogP contribution in [-0.4, -0.2) is 54.8 Å². The smallest absolute Gasteiger partial charge is 0.0446 e. The molecule has 1 rings (SSSR count). The summed E-state index contributed by atoms with van der Waals surface area (Å²) in [5, 5.41) is 12.1. The quantitative estimate of drug-likeness (QED) is 0.692. The molecular formula is C13H23N3O. The van der Waals surface area contributed by atoms with Crippen LogP contribution in [0.5, 0.6) is 0 Å². The van der Waals surface area contributed by atoms with Crippen LogP contribution in [0, 0.1) is 0 Å². The number of nitrogens with zero attached hydrogens (tertiary/aromatic N) is 2. The Hall–Kier alpha value is -0.970. The Bertz CT molecular complexity index is 292. The van der Waals surface area contributed by atoms with E-state index in [0.717, 1.165) is 31.6 Å². The zero-order valence-corrected chi connectivity index (χ0v) is 10.8. The molecule has 1 heterocycles. The standard InChI is InChI=1S/C13H23N3O/c1-14-13(7-10-17)11-16(2)9-6-12-5-3-4-8-15-12/h3-5,8,13-14,17H,6-7,9-11H2,1-2H3. The topological polar surface area (TPSA) is 48.4 Å². The molecule has 0 bridgehead atoms. The van der Waals surface area contributed by atoms with Crippen molar-refractivity contribution in [3.8, 4) is 0 Å². The van der Waals surface area contributed by atoms with Gasteiger partial charge in [0.1, 0.15) is 0 Å². The van der Waals surface area contributed by atoms with Crippen LogP contribution < -0.4 is 5.32 Å². The number of hydrogen-bond acceptors (Lipinski definition) is 4. The Morgan fingerprint density at radius 2 is 2.29 bits per heavy atom. The Labute approximate surface area is 104 Å². The molecule has 4 nitrogen and oxygen atoms in total. The molecule has 0 aliphatic heterocycles. The van der Waals surface area contributed by atoms with Gasteiger partial charge in [0, 0.05) is 44.0 Å². The maximum Gasteiger partial charge on any atom is 0.0446 e. The summed E-state index contributed by atoms with van der Waals surface area (Å²) in [5.41, 5.74) is 1.13. The number of aromatic nitrogens is 1. The molecule has 0 fully saturated rings. The van der Waals surface area contributed by atoms with Crippen molar-refractivity contribution in [1.82, 2.24) is 15.2 Å². The number of likely N-dealkylation sites (N-methyl/N-ethyl adjacent to an activating group) is 2. The fourth-order valence-corrected chi connectivity index (χ4v) is 1.80.